The van der Waals surface area contributed by atoms with Crippen molar-refractivity contribution in [2.75, 3.05) is 26.2 Å². The fourth-order valence-electron chi connectivity index (χ4n) is 4.22. The summed E-state index contributed by atoms with van der Waals surface area (Å²) in [5, 5.41) is 6.19. The van der Waals surface area contributed by atoms with E-state index in [1.54, 1.807) is 0 Å². The molecule has 0 radical (unpaired) electrons. The minimum absolute atomic E-state index is 0.0909. The van der Waals surface area contributed by atoms with E-state index in [0.29, 0.717) is 24.9 Å². The van der Waals surface area contributed by atoms with E-state index in [2.05, 4.69) is 10.6 Å². The fourth-order valence-corrected chi connectivity index (χ4v) is 4.22. The molecule has 1 aliphatic carbocycles. The first-order chi connectivity index (χ1) is 12.2. The van der Waals surface area contributed by atoms with Crippen LogP contribution in [0.1, 0.15) is 64.2 Å². The Morgan fingerprint density at radius 1 is 0.960 bits per heavy atom. The molecule has 0 spiro atoms. The molecule has 0 aromatic rings. The van der Waals surface area contributed by atoms with Crippen molar-refractivity contribution >= 4 is 11.9 Å². The van der Waals surface area contributed by atoms with E-state index >= 15 is 0 Å². The molecule has 2 aliphatic heterocycles. The average molecular weight is 351 g/mol. The highest BCUT2D eigenvalue weighted by molar-refractivity contribution is 5.76. The van der Waals surface area contributed by atoms with E-state index in [0.717, 1.165) is 58.2 Å². The standard InChI is InChI=1S/C19H33N3O3/c23-18(20-14-17-7-4-12-25-17)13-15-8-10-22(11-9-15)19(24)21-16-5-2-1-3-6-16/h15-17H,1-14H2,(H,20,23)(H,21,24). The largest absolute Gasteiger partial charge is 0.376 e. The van der Waals surface area contributed by atoms with E-state index in [4.69, 9.17) is 4.74 Å². The molecule has 2 N–H and O–H groups in total. The Hall–Kier alpha value is -1.30. The third-order valence-electron chi connectivity index (χ3n) is 5.86. The maximum Gasteiger partial charge on any atom is 0.317 e. The highest BCUT2D eigenvalue weighted by Crippen LogP contribution is 2.22. The molecule has 3 amide bonds. The number of ether oxygens (including phenoxy) is 1. The molecule has 6 nitrogen and oxygen atoms in total. The van der Waals surface area contributed by atoms with Gasteiger partial charge in [0, 0.05) is 38.7 Å². The van der Waals surface area contributed by atoms with Gasteiger partial charge >= 0.3 is 6.03 Å². The van der Waals surface area contributed by atoms with Crippen LogP contribution in [0.2, 0.25) is 0 Å². The van der Waals surface area contributed by atoms with Crippen molar-refractivity contribution in [3.63, 3.8) is 0 Å². The quantitative estimate of drug-likeness (QED) is 0.799. The Bertz CT molecular complexity index is 437. The van der Waals surface area contributed by atoms with Crippen LogP contribution in [-0.4, -0.2) is 55.2 Å². The first-order valence-electron chi connectivity index (χ1n) is 10.1. The second-order valence-corrected chi connectivity index (χ2v) is 7.86. The van der Waals surface area contributed by atoms with Crippen molar-refractivity contribution in [2.45, 2.75) is 76.4 Å². The monoisotopic (exact) mass is 351 g/mol. The van der Waals surface area contributed by atoms with Crippen LogP contribution in [0.3, 0.4) is 0 Å². The van der Waals surface area contributed by atoms with Crippen LogP contribution in [0, 0.1) is 5.92 Å². The van der Waals surface area contributed by atoms with Crippen LogP contribution in [0.4, 0.5) is 4.79 Å². The minimum atomic E-state index is 0.0909. The topological polar surface area (TPSA) is 70.7 Å². The first kappa shape index (κ1) is 18.5. The molecule has 1 atom stereocenters. The molecule has 25 heavy (non-hydrogen) atoms. The predicted molar refractivity (Wildman–Crippen MR) is 96.3 cm³/mol. The molecular formula is C19H33N3O3. The Balaban J connectivity index is 1.30. The van der Waals surface area contributed by atoms with Crippen LogP contribution in [0.5, 0.6) is 0 Å². The average Bonchev–Trinajstić information content (AvgIpc) is 3.15. The van der Waals surface area contributed by atoms with E-state index in [9.17, 15) is 9.59 Å². The number of piperidine rings is 1. The Morgan fingerprint density at radius 3 is 2.40 bits per heavy atom. The summed E-state index contributed by atoms with van der Waals surface area (Å²) in [6.45, 7) is 2.99. The SMILES string of the molecule is O=C(CC1CCN(C(=O)NC2CCCCC2)CC1)NCC1CCCO1. The van der Waals surface area contributed by atoms with E-state index in [1.807, 2.05) is 4.90 Å². The molecule has 1 unspecified atom stereocenters. The Morgan fingerprint density at radius 2 is 1.72 bits per heavy atom. The molecule has 0 aromatic heterocycles. The second-order valence-electron chi connectivity index (χ2n) is 7.86. The van der Waals surface area contributed by atoms with Gasteiger partial charge in [0.05, 0.1) is 6.10 Å². The zero-order valence-corrected chi connectivity index (χ0v) is 15.3. The highest BCUT2D eigenvalue weighted by Gasteiger charge is 2.26. The molecule has 1 saturated carbocycles. The van der Waals surface area contributed by atoms with Crippen molar-refractivity contribution < 1.29 is 14.3 Å². The zero-order chi connectivity index (χ0) is 17.5. The van der Waals surface area contributed by atoms with Crippen molar-refractivity contribution in [3.8, 4) is 0 Å². The number of urea groups is 1. The lowest BCUT2D eigenvalue weighted by atomic mass is 9.93. The molecular weight excluding hydrogens is 318 g/mol. The summed E-state index contributed by atoms with van der Waals surface area (Å²) in [6, 6.07) is 0.454. The molecule has 142 valence electrons. The third-order valence-corrected chi connectivity index (χ3v) is 5.86. The highest BCUT2D eigenvalue weighted by atomic mass is 16.5. The summed E-state index contributed by atoms with van der Waals surface area (Å²) in [6.07, 6.45) is 10.8. The van der Waals surface area contributed by atoms with E-state index in [-0.39, 0.29) is 18.0 Å². The van der Waals surface area contributed by atoms with Gasteiger partial charge in [0.25, 0.3) is 0 Å². The predicted octanol–water partition coefficient (Wildman–Crippen LogP) is 2.43. The summed E-state index contributed by atoms with van der Waals surface area (Å²) in [4.78, 5) is 26.4. The number of carbonyl (C=O) groups is 2. The van der Waals surface area contributed by atoms with Crippen molar-refractivity contribution in [1.29, 1.82) is 0 Å². The lowest BCUT2D eigenvalue weighted by molar-refractivity contribution is -0.122. The molecule has 2 saturated heterocycles. The van der Waals surface area contributed by atoms with E-state index < -0.39 is 0 Å². The first-order valence-corrected chi connectivity index (χ1v) is 10.1. The lowest BCUT2D eigenvalue weighted by Gasteiger charge is -2.33. The van der Waals surface area contributed by atoms with Crippen molar-refractivity contribution in [3.05, 3.63) is 0 Å². The number of nitrogens with zero attached hydrogens (tertiary/aromatic N) is 1. The Labute approximate surface area is 151 Å². The van der Waals surface area contributed by atoms with Gasteiger partial charge in [0.1, 0.15) is 0 Å². The van der Waals surface area contributed by atoms with Gasteiger partial charge in [-0.3, -0.25) is 4.79 Å². The smallest absolute Gasteiger partial charge is 0.317 e. The third kappa shape index (κ3) is 5.87. The molecule has 2 heterocycles. The number of carbonyl (C=O) groups excluding carboxylic acids is 2. The summed E-state index contributed by atoms with van der Waals surface area (Å²) < 4.78 is 5.53. The summed E-state index contributed by atoms with van der Waals surface area (Å²) >= 11 is 0. The zero-order valence-electron chi connectivity index (χ0n) is 15.3. The van der Waals surface area contributed by atoms with Gasteiger partial charge < -0.3 is 20.3 Å². The fraction of sp³-hybridized carbons (Fsp3) is 0.895. The molecule has 3 fully saturated rings. The minimum Gasteiger partial charge on any atom is -0.376 e. The summed E-state index contributed by atoms with van der Waals surface area (Å²) in [5.74, 6) is 0.517. The summed E-state index contributed by atoms with van der Waals surface area (Å²) in [7, 11) is 0. The van der Waals surface area contributed by atoms with Gasteiger partial charge in [-0.25, -0.2) is 4.79 Å². The molecule has 6 heteroatoms. The van der Waals surface area contributed by atoms with Gasteiger partial charge in [-0.2, -0.15) is 0 Å². The summed E-state index contributed by atoms with van der Waals surface area (Å²) in [5.41, 5.74) is 0. The molecule has 3 aliphatic rings. The number of likely N-dealkylation sites (tertiary alicyclic amines) is 1. The number of nitrogens with one attached hydrogen (secondary N) is 2. The normalized spacial score (nSPS) is 25.8. The number of hydrogen-bond acceptors (Lipinski definition) is 3. The van der Waals surface area contributed by atoms with Crippen LogP contribution < -0.4 is 10.6 Å². The van der Waals surface area contributed by atoms with Crippen LogP contribution in [0.25, 0.3) is 0 Å². The van der Waals surface area contributed by atoms with Gasteiger partial charge in [0.15, 0.2) is 0 Å². The van der Waals surface area contributed by atoms with Gasteiger partial charge in [-0.1, -0.05) is 19.3 Å². The maximum absolute atomic E-state index is 12.4. The Kier molecular flexibility index (Phi) is 6.96. The van der Waals surface area contributed by atoms with Crippen molar-refractivity contribution in [1.82, 2.24) is 15.5 Å². The lowest BCUT2D eigenvalue weighted by Crippen LogP contribution is -2.48. The molecule has 0 aromatic carbocycles. The number of hydrogen-bond donors (Lipinski definition) is 2. The van der Waals surface area contributed by atoms with Gasteiger partial charge in [-0.15, -0.1) is 0 Å². The van der Waals surface area contributed by atoms with Crippen molar-refractivity contribution in [2.24, 2.45) is 5.92 Å². The van der Waals surface area contributed by atoms with Crippen LogP contribution >= 0.6 is 0 Å². The number of rotatable bonds is 5. The van der Waals surface area contributed by atoms with Gasteiger partial charge in [0.2, 0.25) is 5.91 Å². The number of amides is 3. The second kappa shape index (κ2) is 9.41. The molecule has 3 rings (SSSR count). The maximum atomic E-state index is 12.4. The van der Waals surface area contributed by atoms with Gasteiger partial charge in [-0.05, 0) is 44.4 Å². The van der Waals surface area contributed by atoms with E-state index in [1.165, 1.54) is 19.3 Å². The van der Waals surface area contributed by atoms with Crippen LogP contribution in [0.15, 0.2) is 0 Å². The molecule has 0 bridgehead atoms. The van der Waals surface area contributed by atoms with Crippen LogP contribution in [-0.2, 0) is 9.53 Å².